The minimum absolute atomic E-state index is 0.0630. The summed E-state index contributed by atoms with van der Waals surface area (Å²) in [4.78, 5) is 0. The molecule has 0 bridgehead atoms. The maximum absolute atomic E-state index is 5.80. The smallest absolute Gasteiger partial charge is 0.131 e. The summed E-state index contributed by atoms with van der Waals surface area (Å²) in [6.45, 7) is 6.56. The standard InChI is InChI=1S/C10H21NO2/c1-7-10(2,3)6-5-8(13-7)9(11)12-4/h7-9H,5-6,11H2,1-4H3. The van der Waals surface area contributed by atoms with E-state index in [1.807, 2.05) is 0 Å². The summed E-state index contributed by atoms with van der Waals surface area (Å²) in [5.74, 6) is 0. The number of hydrogen-bond donors (Lipinski definition) is 1. The van der Waals surface area contributed by atoms with Gasteiger partial charge in [-0.3, -0.25) is 0 Å². The van der Waals surface area contributed by atoms with Crippen molar-refractivity contribution >= 4 is 0 Å². The van der Waals surface area contributed by atoms with Crippen LogP contribution in [-0.2, 0) is 9.47 Å². The van der Waals surface area contributed by atoms with Gasteiger partial charge in [0.1, 0.15) is 6.23 Å². The van der Waals surface area contributed by atoms with Gasteiger partial charge in [0.05, 0.1) is 12.2 Å². The van der Waals surface area contributed by atoms with E-state index in [-0.39, 0.29) is 23.9 Å². The van der Waals surface area contributed by atoms with Gasteiger partial charge in [-0.25, -0.2) is 0 Å². The van der Waals surface area contributed by atoms with Gasteiger partial charge in [0.15, 0.2) is 0 Å². The minimum Gasteiger partial charge on any atom is -0.371 e. The van der Waals surface area contributed by atoms with Gasteiger partial charge in [-0.1, -0.05) is 13.8 Å². The molecule has 0 spiro atoms. The molecule has 0 radical (unpaired) electrons. The predicted molar refractivity (Wildman–Crippen MR) is 52.3 cm³/mol. The molecule has 1 fully saturated rings. The van der Waals surface area contributed by atoms with Crippen molar-refractivity contribution in [3.63, 3.8) is 0 Å². The highest BCUT2D eigenvalue weighted by Crippen LogP contribution is 2.36. The second-order valence-corrected chi connectivity index (χ2v) is 4.54. The average molecular weight is 187 g/mol. The molecule has 3 unspecified atom stereocenters. The van der Waals surface area contributed by atoms with Crippen molar-refractivity contribution in [1.82, 2.24) is 0 Å². The van der Waals surface area contributed by atoms with Crippen LogP contribution in [0.2, 0.25) is 0 Å². The number of rotatable bonds is 2. The molecule has 0 saturated carbocycles. The van der Waals surface area contributed by atoms with Crippen molar-refractivity contribution in [2.24, 2.45) is 11.1 Å². The highest BCUT2D eigenvalue weighted by atomic mass is 16.5. The Hall–Kier alpha value is -0.120. The van der Waals surface area contributed by atoms with E-state index in [4.69, 9.17) is 15.2 Å². The van der Waals surface area contributed by atoms with E-state index >= 15 is 0 Å². The Morgan fingerprint density at radius 3 is 2.62 bits per heavy atom. The summed E-state index contributed by atoms with van der Waals surface area (Å²) in [5, 5.41) is 0. The Kier molecular flexibility index (Phi) is 3.33. The van der Waals surface area contributed by atoms with E-state index in [1.165, 1.54) is 0 Å². The molecule has 0 aromatic carbocycles. The zero-order valence-electron chi connectivity index (χ0n) is 9.04. The zero-order chi connectivity index (χ0) is 10.1. The summed E-state index contributed by atoms with van der Waals surface area (Å²) >= 11 is 0. The summed E-state index contributed by atoms with van der Waals surface area (Å²) in [6.07, 6.45) is 2.18. The van der Waals surface area contributed by atoms with Crippen molar-refractivity contribution in [3.8, 4) is 0 Å². The summed E-state index contributed by atoms with van der Waals surface area (Å²) in [6, 6.07) is 0. The lowest BCUT2D eigenvalue weighted by Crippen LogP contribution is -2.47. The molecule has 1 saturated heterocycles. The molecule has 3 heteroatoms. The summed E-state index contributed by atoms with van der Waals surface area (Å²) in [7, 11) is 1.62. The monoisotopic (exact) mass is 187 g/mol. The van der Waals surface area contributed by atoms with Gasteiger partial charge in [-0.2, -0.15) is 0 Å². The van der Waals surface area contributed by atoms with Crippen LogP contribution in [0.4, 0.5) is 0 Å². The molecule has 0 aliphatic carbocycles. The summed E-state index contributed by atoms with van der Waals surface area (Å²) in [5.41, 5.74) is 6.02. The van der Waals surface area contributed by atoms with Crippen molar-refractivity contribution in [2.45, 2.75) is 52.0 Å². The zero-order valence-corrected chi connectivity index (χ0v) is 9.04. The van der Waals surface area contributed by atoms with Crippen LogP contribution in [0, 0.1) is 5.41 Å². The maximum atomic E-state index is 5.80. The topological polar surface area (TPSA) is 44.5 Å². The van der Waals surface area contributed by atoms with E-state index in [1.54, 1.807) is 7.11 Å². The van der Waals surface area contributed by atoms with Crippen LogP contribution in [-0.4, -0.2) is 25.5 Å². The van der Waals surface area contributed by atoms with E-state index in [9.17, 15) is 0 Å². The fourth-order valence-corrected chi connectivity index (χ4v) is 1.63. The molecule has 0 amide bonds. The molecule has 0 aromatic heterocycles. The second-order valence-electron chi connectivity index (χ2n) is 4.54. The first kappa shape index (κ1) is 11.0. The Morgan fingerprint density at radius 2 is 2.15 bits per heavy atom. The molecular formula is C10H21NO2. The number of methoxy groups -OCH3 is 1. The van der Waals surface area contributed by atoms with Crippen LogP contribution in [0.1, 0.15) is 33.6 Å². The van der Waals surface area contributed by atoms with Crippen molar-refractivity contribution in [1.29, 1.82) is 0 Å². The normalized spacial score (nSPS) is 35.8. The van der Waals surface area contributed by atoms with Gasteiger partial charge in [-0.05, 0) is 25.2 Å². The molecule has 1 heterocycles. The lowest BCUT2D eigenvalue weighted by atomic mass is 9.79. The Bertz CT molecular complexity index is 170. The maximum Gasteiger partial charge on any atom is 0.131 e. The Morgan fingerprint density at radius 1 is 1.54 bits per heavy atom. The Labute approximate surface area is 80.6 Å². The largest absolute Gasteiger partial charge is 0.371 e. The van der Waals surface area contributed by atoms with Gasteiger partial charge in [0, 0.05) is 7.11 Å². The lowest BCUT2D eigenvalue weighted by molar-refractivity contribution is -0.151. The molecule has 78 valence electrons. The van der Waals surface area contributed by atoms with Crippen LogP contribution >= 0.6 is 0 Å². The fourth-order valence-electron chi connectivity index (χ4n) is 1.63. The molecule has 3 atom stereocenters. The molecule has 3 nitrogen and oxygen atoms in total. The summed E-state index contributed by atoms with van der Waals surface area (Å²) < 4.78 is 10.9. The first-order valence-corrected chi connectivity index (χ1v) is 4.91. The van der Waals surface area contributed by atoms with E-state index in [0.29, 0.717) is 0 Å². The average Bonchev–Trinajstić information content (AvgIpc) is 2.08. The number of ether oxygens (including phenoxy) is 2. The number of nitrogens with two attached hydrogens (primary N) is 1. The van der Waals surface area contributed by atoms with Gasteiger partial charge in [0.25, 0.3) is 0 Å². The van der Waals surface area contributed by atoms with Gasteiger partial charge in [-0.15, -0.1) is 0 Å². The first-order valence-electron chi connectivity index (χ1n) is 4.91. The van der Waals surface area contributed by atoms with Crippen LogP contribution in [0.3, 0.4) is 0 Å². The second kappa shape index (κ2) is 3.95. The van der Waals surface area contributed by atoms with Crippen molar-refractivity contribution in [2.75, 3.05) is 7.11 Å². The van der Waals surface area contributed by atoms with E-state index in [2.05, 4.69) is 20.8 Å². The molecular weight excluding hydrogens is 166 g/mol. The predicted octanol–water partition coefficient (Wildman–Crippen LogP) is 1.51. The first-order chi connectivity index (χ1) is 5.97. The molecule has 1 aliphatic rings. The molecule has 2 N–H and O–H groups in total. The molecule has 13 heavy (non-hydrogen) atoms. The molecule has 1 aliphatic heterocycles. The fraction of sp³-hybridized carbons (Fsp3) is 1.00. The SMILES string of the molecule is COC(N)C1CCC(C)(C)C(C)O1. The van der Waals surface area contributed by atoms with Gasteiger partial charge < -0.3 is 15.2 Å². The van der Waals surface area contributed by atoms with E-state index < -0.39 is 0 Å². The third-order valence-corrected chi connectivity index (χ3v) is 3.19. The van der Waals surface area contributed by atoms with Crippen LogP contribution in [0.5, 0.6) is 0 Å². The van der Waals surface area contributed by atoms with Gasteiger partial charge in [0.2, 0.25) is 0 Å². The third kappa shape index (κ3) is 2.42. The van der Waals surface area contributed by atoms with Crippen molar-refractivity contribution < 1.29 is 9.47 Å². The number of hydrogen-bond acceptors (Lipinski definition) is 3. The van der Waals surface area contributed by atoms with Gasteiger partial charge >= 0.3 is 0 Å². The van der Waals surface area contributed by atoms with E-state index in [0.717, 1.165) is 12.8 Å². The van der Waals surface area contributed by atoms with Crippen LogP contribution in [0.25, 0.3) is 0 Å². The Balaban J connectivity index is 2.51. The van der Waals surface area contributed by atoms with Crippen LogP contribution < -0.4 is 5.73 Å². The molecule has 0 aromatic rings. The van der Waals surface area contributed by atoms with Crippen LogP contribution in [0.15, 0.2) is 0 Å². The highest BCUT2D eigenvalue weighted by molar-refractivity contribution is 4.84. The minimum atomic E-state index is -0.279. The molecule has 1 rings (SSSR count). The lowest BCUT2D eigenvalue weighted by Gasteiger charge is -2.41. The quantitative estimate of drug-likeness (QED) is 0.666. The van der Waals surface area contributed by atoms with Crippen molar-refractivity contribution in [3.05, 3.63) is 0 Å². The highest BCUT2D eigenvalue weighted by Gasteiger charge is 2.36. The third-order valence-electron chi connectivity index (χ3n) is 3.19.